The second kappa shape index (κ2) is 10.2. The van der Waals surface area contributed by atoms with Crippen LogP contribution >= 0.6 is 11.3 Å². The Hall–Kier alpha value is -2.53. The summed E-state index contributed by atoms with van der Waals surface area (Å²) in [4.78, 5) is 16.8. The smallest absolute Gasteiger partial charge is 0.225 e. The molecule has 1 unspecified atom stereocenters. The van der Waals surface area contributed by atoms with Gasteiger partial charge in [-0.05, 0) is 55.6 Å². The van der Waals surface area contributed by atoms with E-state index in [9.17, 15) is 5.26 Å². The highest BCUT2D eigenvalue weighted by atomic mass is 32.1. The van der Waals surface area contributed by atoms with E-state index < -0.39 is 0 Å². The van der Waals surface area contributed by atoms with Gasteiger partial charge in [0.25, 0.3) is 0 Å². The molecule has 3 aromatic rings. The third kappa shape index (κ3) is 4.80. The van der Waals surface area contributed by atoms with Crippen LogP contribution < -0.4 is 4.74 Å². The summed E-state index contributed by atoms with van der Waals surface area (Å²) in [6, 6.07) is 13.9. The lowest BCUT2D eigenvalue weighted by Gasteiger charge is -2.42. The van der Waals surface area contributed by atoms with E-state index in [0.29, 0.717) is 18.4 Å². The van der Waals surface area contributed by atoms with Crippen molar-refractivity contribution in [2.24, 2.45) is 0 Å². The van der Waals surface area contributed by atoms with E-state index in [0.717, 1.165) is 74.5 Å². The molecule has 1 saturated carbocycles. The lowest BCUT2D eigenvalue weighted by molar-refractivity contribution is 0.0487. The molecular weight excluding hydrogens is 454 g/mol. The van der Waals surface area contributed by atoms with Crippen molar-refractivity contribution in [1.82, 2.24) is 19.8 Å². The Kier molecular flexibility index (Phi) is 6.69. The molecule has 7 heteroatoms. The standard InChI is InChI=1S/C28H33N5OS/c29-13-12-21-6-11-24-25(21)26-27(30-19-31-28(26)35-24)34-23-9-7-22(8-10-23)33-16-14-32(15-17-33)18-20-4-2-1-3-5-20/h1-5,19,21-23H,6-12,14-18H2. The van der Waals surface area contributed by atoms with Crippen LogP contribution in [-0.2, 0) is 13.0 Å². The number of hydrogen-bond acceptors (Lipinski definition) is 7. The van der Waals surface area contributed by atoms with E-state index >= 15 is 0 Å². The van der Waals surface area contributed by atoms with Crippen LogP contribution in [0.3, 0.4) is 0 Å². The Balaban J connectivity index is 1.05. The minimum atomic E-state index is 0.218. The number of benzene rings is 1. The van der Waals surface area contributed by atoms with Crippen molar-refractivity contribution >= 4 is 21.6 Å². The van der Waals surface area contributed by atoms with Crippen LogP contribution in [0.5, 0.6) is 5.88 Å². The molecule has 0 N–H and O–H groups in total. The molecule has 1 atom stereocenters. The second-order valence-corrected chi connectivity index (χ2v) is 11.3. The molecular formula is C28H33N5OS. The maximum Gasteiger partial charge on any atom is 0.225 e. The van der Waals surface area contributed by atoms with Gasteiger partial charge in [0.2, 0.25) is 5.88 Å². The summed E-state index contributed by atoms with van der Waals surface area (Å²) in [6.45, 7) is 5.69. The first-order chi connectivity index (χ1) is 17.3. The van der Waals surface area contributed by atoms with Crippen molar-refractivity contribution in [3.8, 4) is 11.9 Å². The molecule has 2 aliphatic carbocycles. The van der Waals surface area contributed by atoms with E-state index in [4.69, 9.17) is 4.74 Å². The Labute approximate surface area is 211 Å². The molecule has 3 aliphatic rings. The minimum Gasteiger partial charge on any atom is -0.474 e. The lowest BCUT2D eigenvalue weighted by atomic mass is 9.91. The summed E-state index contributed by atoms with van der Waals surface area (Å²) < 4.78 is 6.54. The Morgan fingerprint density at radius 2 is 1.80 bits per heavy atom. The lowest BCUT2D eigenvalue weighted by Crippen LogP contribution is -2.51. The molecule has 0 amide bonds. The van der Waals surface area contributed by atoms with Crippen molar-refractivity contribution in [3.05, 3.63) is 52.7 Å². The molecule has 2 aromatic heterocycles. The highest BCUT2D eigenvalue weighted by Gasteiger charge is 2.32. The molecule has 6 rings (SSSR count). The van der Waals surface area contributed by atoms with Gasteiger partial charge in [0.15, 0.2) is 0 Å². The van der Waals surface area contributed by atoms with Crippen LogP contribution in [0.25, 0.3) is 10.2 Å². The van der Waals surface area contributed by atoms with Crippen molar-refractivity contribution < 1.29 is 4.74 Å². The molecule has 0 bridgehead atoms. The van der Waals surface area contributed by atoms with Gasteiger partial charge in [-0.15, -0.1) is 11.3 Å². The maximum absolute atomic E-state index is 9.29. The Bertz CT molecular complexity index is 1190. The Morgan fingerprint density at radius 3 is 2.57 bits per heavy atom. The van der Waals surface area contributed by atoms with Crippen LogP contribution in [0.1, 0.15) is 60.4 Å². The van der Waals surface area contributed by atoms with E-state index in [-0.39, 0.29) is 6.10 Å². The van der Waals surface area contributed by atoms with Crippen molar-refractivity contribution in [3.63, 3.8) is 0 Å². The van der Waals surface area contributed by atoms with Crippen LogP contribution in [0.4, 0.5) is 0 Å². The predicted molar refractivity (Wildman–Crippen MR) is 139 cm³/mol. The summed E-state index contributed by atoms with van der Waals surface area (Å²) in [5.74, 6) is 1.05. The molecule has 1 aromatic carbocycles. The normalized spacial score (nSPS) is 25.4. The van der Waals surface area contributed by atoms with Crippen LogP contribution in [0, 0.1) is 11.3 Å². The highest BCUT2D eigenvalue weighted by molar-refractivity contribution is 7.19. The topological polar surface area (TPSA) is 65.3 Å². The average Bonchev–Trinajstić information content (AvgIpc) is 3.46. The van der Waals surface area contributed by atoms with Crippen LogP contribution in [0.2, 0.25) is 0 Å². The fraction of sp³-hybridized carbons (Fsp3) is 0.536. The molecule has 35 heavy (non-hydrogen) atoms. The number of nitrogens with zero attached hydrogens (tertiary/aromatic N) is 5. The van der Waals surface area contributed by atoms with Gasteiger partial charge >= 0.3 is 0 Å². The second-order valence-electron chi connectivity index (χ2n) is 10.2. The van der Waals surface area contributed by atoms with Crippen LogP contribution in [-0.4, -0.2) is 58.1 Å². The van der Waals surface area contributed by atoms with Crippen molar-refractivity contribution in [2.45, 2.75) is 69.6 Å². The largest absolute Gasteiger partial charge is 0.474 e. The monoisotopic (exact) mass is 487 g/mol. The number of nitriles is 1. The SMILES string of the molecule is N#CCC1CCc2sc3ncnc(OC4CCC(N5CCN(Cc6ccccc6)CC5)CC4)c3c21. The third-order valence-electron chi connectivity index (χ3n) is 8.13. The number of thiophene rings is 1. The van der Waals surface area contributed by atoms with Crippen molar-refractivity contribution in [1.29, 1.82) is 5.26 Å². The third-order valence-corrected chi connectivity index (χ3v) is 9.30. The highest BCUT2D eigenvalue weighted by Crippen LogP contribution is 2.47. The maximum atomic E-state index is 9.29. The van der Waals surface area contributed by atoms with E-state index in [2.05, 4.69) is 56.2 Å². The van der Waals surface area contributed by atoms with E-state index in [1.54, 1.807) is 17.7 Å². The number of hydrogen-bond donors (Lipinski definition) is 0. The van der Waals surface area contributed by atoms with E-state index in [1.807, 2.05) is 0 Å². The van der Waals surface area contributed by atoms with Gasteiger partial charge in [-0.1, -0.05) is 30.3 Å². The predicted octanol–water partition coefficient (Wildman–Crippen LogP) is 5.14. The Morgan fingerprint density at radius 1 is 1.00 bits per heavy atom. The zero-order chi connectivity index (χ0) is 23.6. The summed E-state index contributed by atoms with van der Waals surface area (Å²) in [5, 5.41) is 10.4. The van der Waals surface area contributed by atoms with Gasteiger partial charge in [0.1, 0.15) is 17.3 Å². The van der Waals surface area contributed by atoms with Gasteiger partial charge < -0.3 is 4.74 Å². The van der Waals surface area contributed by atoms with Gasteiger partial charge in [-0.3, -0.25) is 9.80 Å². The van der Waals surface area contributed by atoms with Gasteiger partial charge in [-0.2, -0.15) is 5.26 Å². The number of fused-ring (bicyclic) bond motifs is 3. The number of rotatable bonds is 6. The van der Waals surface area contributed by atoms with Gasteiger partial charge in [0, 0.05) is 50.1 Å². The average molecular weight is 488 g/mol. The first-order valence-corrected chi connectivity index (χ1v) is 13.9. The fourth-order valence-electron chi connectivity index (χ4n) is 6.26. The first-order valence-electron chi connectivity index (χ1n) is 13.1. The molecule has 1 saturated heterocycles. The fourth-order valence-corrected chi connectivity index (χ4v) is 7.49. The molecule has 1 aliphatic heterocycles. The molecule has 6 nitrogen and oxygen atoms in total. The zero-order valence-corrected chi connectivity index (χ0v) is 21.1. The number of aromatic nitrogens is 2. The molecule has 2 fully saturated rings. The van der Waals surface area contributed by atoms with E-state index in [1.165, 1.54) is 28.8 Å². The number of piperazine rings is 1. The summed E-state index contributed by atoms with van der Waals surface area (Å²) in [6.07, 6.45) is 9.07. The quantitative estimate of drug-likeness (QED) is 0.480. The molecule has 0 radical (unpaired) electrons. The molecule has 0 spiro atoms. The zero-order valence-electron chi connectivity index (χ0n) is 20.2. The summed E-state index contributed by atoms with van der Waals surface area (Å²) in [5.41, 5.74) is 2.71. The summed E-state index contributed by atoms with van der Waals surface area (Å²) >= 11 is 1.76. The number of aryl methyl sites for hydroxylation is 1. The molecule has 182 valence electrons. The van der Waals surface area contributed by atoms with Crippen LogP contribution in [0.15, 0.2) is 36.7 Å². The number of ether oxygens (including phenoxy) is 1. The van der Waals surface area contributed by atoms with Crippen molar-refractivity contribution in [2.75, 3.05) is 26.2 Å². The summed E-state index contributed by atoms with van der Waals surface area (Å²) in [7, 11) is 0. The molecule has 3 heterocycles. The van der Waals surface area contributed by atoms with Gasteiger partial charge in [0.05, 0.1) is 11.5 Å². The minimum absolute atomic E-state index is 0.218. The van der Waals surface area contributed by atoms with Gasteiger partial charge in [-0.25, -0.2) is 9.97 Å². The first kappa shape index (κ1) is 22.9.